The predicted octanol–water partition coefficient (Wildman–Crippen LogP) is 4.01. The average Bonchev–Trinajstić information content (AvgIpc) is 3.25. The lowest BCUT2D eigenvalue weighted by Gasteiger charge is -2.25. The number of nitrogens with one attached hydrogen (secondary N) is 1. The minimum Gasteiger partial charge on any atom is -0.497 e. The second kappa shape index (κ2) is 12.5. The minimum absolute atomic E-state index is 0.0805. The average molecular weight is 461 g/mol. The summed E-state index contributed by atoms with van der Waals surface area (Å²) in [6.45, 7) is 2.61. The van der Waals surface area contributed by atoms with Gasteiger partial charge in [0.25, 0.3) is 0 Å². The van der Waals surface area contributed by atoms with Crippen molar-refractivity contribution in [1.29, 1.82) is 0 Å². The number of aromatic nitrogens is 3. The number of carbonyl (C=O) groups is 2. The van der Waals surface area contributed by atoms with E-state index >= 15 is 0 Å². The van der Waals surface area contributed by atoms with Crippen LogP contribution in [0.3, 0.4) is 0 Å². The number of benzene rings is 1. The first kappa shape index (κ1) is 24.1. The van der Waals surface area contributed by atoms with Crippen LogP contribution in [0.1, 0.15) is 57.9 Å². The lowest BCUT2D eigenvalue weighted by molar-refractivity contribution is -0.143. The Labute approximate surface area is 193 Å². The van der Waals surface area contributed by atoms with Gasteiger partial charge in [-0.05, 0) is 50.5 Å². The number of ether oxygens (including phenoxy) is 2. The van der Waals surface area contributed by atoms with Gasteiger partial charge in [-0.2, -0.15) is 0 Å². The predicted molar refractivity (Wildman–Crippen MR) is 124 cm³/mol. The molecule has 3 rings (SSSR count). The summed E-state index contributed by atoms with van der Waals surface area (Å²) < 4.78 is 12.4. The van der Waals surface area contributed by atoms with Crippen LogP contribution < -0.4 is 10.1 Å². The van der Waals surface area contributed by atoms with E-state index in [0.717, 1.165) is 35.1 Å². The smallest absolute Gasteiger partial charge is 0.305 e. The Bertz CT molecular complexity index is 879. The van der Waals surface area contributed by atoms with Crippen molar-refractivity contribution in [3.05, 3.63) is 24.3 Å². The molecule has 1 aromatic heterocycles. The van der Waals surface area contributed by atoms with Crippen molar-refractivity contribution in [1.82, 2.24) is 20.1 Å². The Morgan fingerprint density at radius 3 is 2.59 bits per heavy atom. The van der Waals surface area contributed by atoms with Gasteiger partial charge < -0.3 is 14.8 Å². The molecule has 1 aliphatic carbocycles. The van der Waals surface area contributed by atoms with E-state index in [-0.39, 0.29) is 17.6 Å². The summed E-state index contributed by atoms with van der Waals surface area (Å²) in [5.41, 5.74) is 0.985. The SMILES string of the molecule is CCOC(=O)CCCNC(=O)CSc1nnc(-c2ccc(OC)cc2)n1C1CCCCC1. The lowest BCUT2D eigenvalue weighted by Crippen LogP contribution is -2.27. The molecule has 32 heavy (non-hydrogen) atoms. The van der Waals surface area contributed by atoms with Crippen molar-refractivity contribution in [2.45, 2.75) is 63.1 Å². The molecule has 1 fully saturated rings. The van der Waals surface area contributed by atoms with Crippen LogP contribution in [0.2, 0.25) is 0 Å². The van der Waals surface area contributed by atoms with E-state index in [9.17, 15) is 9.59 Å². The Hall–Kier alpha value is -2.55. The highest BCUT2D eigenvalue weighted by atomic mass is 32.2. The Balaban J connectivity index is 1.63. The maximum Gasteiger partial charge on any atom is 0.305 e. The largest absolute Gasteiger partial charge is 0.497 e. The van der Waals surface area contributed by atoms with Crippen molar-refractivity contribution in [3.8, 4) is 17.1 Å². The molecule has 1 aliphatic rings. The molecule has 1 aromatic carbocycles. The molecule has 0 atom stereocenters. The summed E-state index contributed by atoms with van der Waals surface area (Å²) >= 11 is 1.41. The van der Waals surface area contributed by atoms with Crippen LogP contribution in [-0.2, 0) is 14.3 Å². The van der Waals surface area contributed by atoms with Gasteiger partial charge in [0.15, 0.2) is 11.0 Å². The monoisotopic (exact) mass is 460 g/mol. The first-order valence-corrected chi connectivity index (χ1v) is 12.3. The second-order valence-corrected chi connectivity index (χ2v) is 8.69. The Morgan fingerprint density at radius 2 is 1.91 bits per heavy atom. The first-order chi connectivity index (χ1) is 15.6. The van der Waals surface area contributed by atoms with Crippen molar-refractivity contribution >= 4 is 23.6 Å². The zero-order valence-electron chi connectivity index (χ0n) is 18.8. The van der Waals surface area contributed by atoms with E-state index in [0.29, 0.717) is 32.0 Å². The zero-order valence-corrected chi connectivity index (χ0v) is 19.7. The van der Waals surface area contributed by atoms with Crippen molar-refractivity contribution in [2.75, 3.05) is 26.0 Å². The molecule has 0 bridgehead atoms. The summed E-state index contributed by atoms with van der Waals surface area (Å²) in [7, 11) is 1.65. The van der Waals surface area contributed by atoms with Crippen LogP contribution in [0, 0.1) is 0 Å². The summed E-state index contributed by atoms with van der Waals surface area (Å²) in [4.78, 5) is 23.7. The second-order valence-electron chi connectivity index (χ2n) is 7.74. The molecule has 174 valence electrons. The molecule has 0 aliphatic heterocycles. The number of amides is 1. The molecular weight excluding hydrogens is 428 g/mol. The minimum atomic E-state index is -0.234. The molecule has 1 heterocycles. The molecule has 2 aromatic rings. The molecule has 1 N–H and O–H groups in total. The molecule has 0 saturated heterocycles. The number of thioether (sulfide) groups is 1. The highest BCUT2D eigenvalue weighted by molar-refractivity contribution is 7.99. The van der Waals surface area contributed by atoms with E-state index in [2.05, 4.69) is 20.1 Å². The number of nitrogens with zero attached hydrogens (tertiary/aromatic N) is 3. The molecule has 1 amide bonds. The first-order valence-electron chi connectivity index (χ1n) is 11.3. The van der Waals surface area contributed by atoms with Gasteiger partial charge in [0, 0.05) is 24.6 Å². The van der Waals surface area contributed by atoms with Gasteiger partial charge in [0.05, 0.1) is 19.5 Å². The van der Waals surface area contributed by atoms with Gasteiger partial charge >= 0.3 is 5.97 Å². The fourth-order valence-corrected chi connectivity index (χ4v) is 4.69. The van der Waals surface area contributed by atoms with Crippen LogP contribution in [0.5, 0.6) is 5.75 Å². The van der Waals surface area contributed by atoms with E-state index < -0.39 is 0 Å². The highest BCUT2D eigenvalue weighted by Crippen LogP contribution is 2.35. The summed E-state index contributed by atoms with van der Waals surface area (Å²) in [6, 6.07) is 8.17. The Morgan fingerprint density at radius 1 is 1.16 bits per heavy atom. The Kier molecular flexibility index (Phi) is 9.40. The molecule has 0 radical (unpaired) electrons. The maximum atomic E-state index is 12.3. The number of hydrogen-bond acceptors (Lipinski definition) is 7. The van der Waals surface area contributed by atoms with Crippen LogP contribution in [0.25, 0.3) is 11.4 Å². The molecule has 0 spiro atoms. The third-order valence-corrected chi connectivity index (χ3v) is 6.41. The van der Waals surface area contributed by atoms with E-state index in [1.54, 1.807) is 14.0 Å². The lowest BCUT2D eigenvalue weighted by atomic mass is 9.95. The van der Waals surface area contributed by atoms with Crippen LogP contribution in [0.15, 0.2) is 29.4 Å². The molecule has 8 nitrogen and oxygen atoms in total. The van der Waals surface area contributed by atoms with Gasteiger partial charge in [0.2, 0.25) is 5.91 Å². The molecular formula is C23H32N4O4S. The highest BCUT2D eigenvalue weighted by Gasteiger charge is 2.24. The fourth-order valence-electron chi connectivity index (χ4n) is 3.86. The van der Waals surface area contributed by atoms with Gasteiger partial charge in [0.1, 0.15) is 5.75 Å². The zero-order chi connectivity index (χ0) is 22.8. The standard InChI is InChI=1S/C23H32N4O4S/c1-3-31-21(29)10-7-15-24-20(28)16-32-23-26-25-22(17-11-13-19(30-2)14-12-17)27(23)18-8-5-4-6-9-18/h11-14,18H,3-10,15-16H2,1-2H3,(H,24,28). The number of carbonyl (C=O) groups excluding carboxylic acids is 2. The van der Waals surface area contributed by atoms with Gasteiger partial charge in [-0.15, -0.1) is 10.2 Å². The van der Waals surface area contributed by atoms with E-state index in [4.69, 9.17) is 9.47 Å². The summed E-state index contributed by atoms with van der Waals surface area (Å²) in [5.74, 6) is 1.57. The third kappa shape index (κ3) is 6.72. The summed E-state index contributed by atoms with van der Waals surface area (Å²) in [5, 5.41) is 12.5. The normalized spacial score (nSPS) is 14.2. The molecule has 0 unspecified atom stereocenters. The van der Waals surface area contributed by atoms with Gasteiger partial charge in [-0.1, -0.05) is 31.0 Å². The third-order valence-electron chi connectivity index (χ3n) is 5.47. The van der Waals surface area contributed by atoms with Gasteiger partial charge in [-0.25, -0.2) is 0 Å². The number of hydrogen-bond donors (Lipinski definition) is 1. The quantitative estimate of drug-likeness (QED) is 0.307. The van der Waals surface area contributed by atoms with Crippen molar-refractivity contribution in [2.24, 2.45) is 0 Å². The number of esters is 1. The van der Waals surface area contributed by atoms with Crippen LogP contribution in [-0.4, -0.2) is 52.7 Å². The number of rotatable bonds is 11. The van der Waals surface area contributed by atoms with Crippen LogP contribution >= 0.6 is 11.8 Å². The maximum absolute atomic E-state index is 12.3. The molecule has 1 saturated carbocycles. The van der Waals surface area contributed by atoms with E-state index in [1.165, 1.54) is 31.0 Å². The van der Waals surface area contributed by atoms with E-state index in [1.807, 2.05) is 24.3 Å². The van der Waals surface area contributed by atoms with Crippen molar-refractivity contribution < 1.29 is 19.1 Å². The summed E-state index contributed by atoms with van der Waals surface area (Å²) in [6.07, 6.45) is 6.69. The fraction of sp³-hybridized carbons (Fsp3) is 0.565. The molecule has 9 heteroatoms. The van der Waals surface area contributed by atoms with Gasteiger partial charge in [-0.3, -0.25) is 14.2 Å². The topological polar surface area (TPSA) is 95.3 Å². The van der Waals surface area contributed by atoms with Crippen LogP contribution in [0.4, 0.5) is 0 Å². The number of methoxy groups -OCH3 is 1. The van der Waals surface area contributed by atoms with Crippen molar-refractivity contribution in [3.63, 3.8) is 0 Å².